The number of nitrogens with two attached hydrogens (primary N) is 1. The number of H-pyrrole nitrogens is 1. The zero-order chi connectivity index (χ0) is 12.5. The predicted molar refractivity (Wildman–Crippen MR) is 59.1 cm³/mol. The van der Waals surface area contributed by atoms with Crippen LogP contribution in [0.5, 0.6) is 0 Å². The molecule has 0 bridgehead atoms. The van der Waals surface area contributed by atoms with Crippen LogP contribution in [-0.2, 0) is 10.2 Å². The Labute approximate surface area is 97.6 Å². The molecule has 1 aliphatic heterocycles. The molecule has 2 rings (SSSR count). The molecular weight excluding hydrogens is 222 g/mol. The number of nitrogens with zero attached hydrogens (tertiary/aromatic N) is 2. The van der Waals surface area contributed by atoms with E-state index < -0.39 is 11.4 Å². The summed E-state index contributed by atoms with van der Waals surface area (Å²) in [4.78, 5) is 11.5. The van der Waals surface area contributed by atoms with E-state index in [0.717, 1.165) is 0 Å². The molecule has 7 nitrogen and oxygen atoms in total. The van der Waals surface area contributed by atoms with Crippen molar-refractivity contribution < 1.29 is 9.90 Å². The van der Waals surface area contributed by atoms with E-state index in [4.69, 9.17) is 11.0 Å². The number of rotatable bonds is 2. The number of nitriles is 1. The van der Waals surface area contributed by atoms with Crippen LogP contribution < -0.4 is 11.1 Å². The lowest BCUT2D eigenvalue weighted by atomic mass is 9.75. The summed E-state index contributed by atoms with van der Waals surface area (Å²) < 4.78 is 0. The molecule has 90 valence electrons. The molecular formula is C10H13N5O2. The number of anilines is 1. The first-order chi connectivity index (χ1) is 8.12. The van der Waals surface area contributed by atoms with Gasteiger partial charge in [0.1, 0.15) is 17.0 Å². The van der Waals surface area contributed by atoms with Gasteiger partial charge in [-0.25, -0.2) is 0 Å². The van der Waals surface area contributed by atoms with E-state index in [1.54, 1.807) is 0 Å². The van der Waals surface area contributed by atoms with Gasteiger partial charge < -0.3 is 16.2 Å². The lowest BCUT2D eigenvalue weighted by Gasteiger charge is -2.32. The largest absolute Gasteiger partial charge is 0.481 e. The molecule has 0 atom stereocenters. The number of aromatic amines is 1. The summed E-state index contributed by atoms with van der Waals surface area (Å²) in [6.45, 7) is 1.19. The Morgan fingerprint density at radius 3 is 2.71 bits per heavy atom. The number of aliphatic carboxylic acids is 1. The van der Waals surface area contributed by atoms with Gasteiger partial charge in [0.15, 0.2) is 5.82 Å². The summed E-state index contributed by atoms with van der Waals surface area (Å²) in [5.74, 6) is -0.888. The van der Waals surface area contributed by atoms with Gasteiger partial charge >= 0.3 is 5.97 Å². The van der Waals surface area contributed by atoms with Crippen molar-refractivity contribution in [2.45, 2.75) is 18.3 Å². The van der Waals surface area contributed by atoms with Gasteiger partial charge in [0, 0.05) is 0 Å². The molecule has 17 heavy (non-hydrogen) atoms. The highest BCUT2D eigenvalue weighted by Gasteiger charge is 2.45. The monoisotopic (exact) mass is 235 g/mol. The number of carbonyl (C=O) groups is 1. The van der Waals surface area contributed by atoms with E-state index in [1.807, 2.05) is 6.07 Å². The Kier molecular flexibility index (Phi) is 2.73. The molecule has 1 saturated heterocycles. The number of nitrogens with one attached hydrogen (secondary N) is 2. The van der Waals surface area contributed by atoms with E-state index in [1.165, 1.54) is 0 Å². The smallest absolute Gasteiger partial charge is 0.315 e. The van der Waals surface area contributed by atoms with Crippen molar-refractivity contribution in [3.8, 4) is 6.07 Å². The number of aromatic nitrogens is 2. The van der Waals surface area contributed by atoms with Crippen LogP contribution in [0.4, 0.5) is 5.82 Å². The average molecular weight is 235 g/mol. The Balaban J connectivity index is 2.53. The average Bonchev–Trinajstić information content (AvgIpc) is 2.71. The molecule has 0 amide bonds. The minimum absolute atomic E-state index is 0.0571. The topological polar surface area (TPSA) is 128 Å². The van der Waals surface area contributed by atoms with E-state index in [-0.39, 0.29) is 11.4 Å². The van der Waals surface area contributed by atoms with Crippen LogP contribution in [0.3, 0.4) is 0 Å². The zero-order valence-corrected chi connectivity index (χ0v) is 9.16. The third-order valence-electron chi connectivity index (χ3n) is 3.25. The normalized spacial score (nSPS) is 18.5. The number of piperidine rings is 1. The molecule has 7 heteroatoms. The minimum atomic E-state index is -1.08. The molecule has 1 fully saturated rings. The van der Waals surface area contributed by atoms with Gasteiger partial charge in [0.05, 0.1) is 5.69 Å². The number of carboxylic acids is 1. The summed E-state index contributed by atoms with van der Waals surface area (Å²) in [6.07, 6.45) is 0.831. The fraction of sp³-hybridized carbons (Fsp3) is 0.500. The van der Waals surface area contributed by atoms with E-state index >= 15 is 0 Å². The number of carboxylic acid groups (broad SMARTS) is 1. The van der Waals surface area contributed by atoms with E-state index in [0.29, 0.717) is 31.6 Å². The van der Waals surface area contributed by atoms with Crippen molar-refractivity contribution in [2.75, 3.05) is 18.8 Å². The second-order valence-electron chi connectivity index (χ2n) is 4.11. The standard InChI is InChI=1S/C10H13N5O2/c11-5-6-7(14-15-8(6)12)10(9(16)17)1-3-13-4-2-10/h13H,1-4H2,(H,16,17)(H3,12,14,15). The van der Waals surface area contributed by atoms with Crippen molar-refractivity contribution in [1.29, 1.82) is 5.26 Å². The van der Waals surface area contributed by atoms with Gasteiger partial charge in [0.2, 0.25) is 0 Å². The summed E-state index contributed by atoms with van der Waals surface area (Å²) in [5.41, 5.74) is 4.93. The number of nitrogen functional groups attached to an aromatic ring is 1. The molecule has 1 aromatic heterocycles. The van der Waals surface area contributed by atoms with E-state index in [9.17, 15) is 9.90 Å². The number of hydrogen-bond donors (Lipinski definition) is 4. The van der Waals surface area contributed by atoms with Crippen molar-refractivity contribution >= 4 is 11.8 Å². The minimum Gasteiger partial charge on any atom is -0.481 e. The molecule has 5 N–H and O–H groups in total. The maximum Gasteiger partial charge on any atom is 0.315 e. The first-order valence-corrected chi connectivity index (χ1v) is 5.30. The molecule has 0 spiro atoms. The highest BCUT2D eigenvalue weighted by Crippen LogP contribution is 2.35. The molecule has 0 aliphatic carbocycles. The van der Waals surface area contributed by atoms with Crippen LogP contribution in [0.15, 0.2) is 0 Å². The second-order valence-corrected chi connectivity index (χ2v) is 4.11. The van der Waals surface area contributed by atoms with Gasteiger partial charge in [-0.2, -0.15) is 10.4 Å². The Bertz CT molecular complexity index is 481. The highest BCUT2D eigenvalue weighted by molar-refractivity contribution is 5.82. The second kappa shape index (κ2) is 4.07. The predicted octanol–water partition coefficient (Wildman–Crippen LogP) is -0.431. The summed E-state index contributed by atoms with van der Waals surface area (Å²) >= 11 is 0. The molecule has 1 aromatic rings. The van der Waals surface area contributed by atoms with Crippen LogP contribution in [-0.4, -0.2) is 34.4 Å². The van der Waals surface area contributed by atoms with Crippen LogP contribution in [0.25, 0.3) is 0 Å². The van der Waals surface area contributed by atoms with Crippen LogP contribution in [0.2, 0.25) is 0 Å². The van der Waals surface area contributed by atoms with Crippen molar-refractivity contribution in [3.63, 3.8) is 0 Å². The molecule has 0 unspecified atom stereocenters. The lowest BCUT2D eigenvalue weighted by Crippen LogP contribution is -2.46. The maximum atomic E-state index is 11.5. The van der Waals surface area contributed by atoms with Crippen molar-refractivity contribution in [3.05, 3.63) is 11.3 Å². The Hall–Kier alpha value is -2.07. The molecule has 0 saturated carbocycles. The molecule has 1 aliphatic rings. The molecule has 0 radical (unpaired) electrons. The van der Waals surface area contributed by atoms with Crippen LogP contribution in [0, 0.1) is 11.3 Å². The summed E-state index contributed by atoms with van der Waals surface area (Å²) in [6, 6.07) is 1.92. The first kappa shape index (κ1) is 11.4. The number of hydrogen-bond acceptors (Lipinski definition) is 5. The maximum absolute atomic E-state index is 11.5. The Morgan fingerprint density at radius 2 is 2.18 bits per heavy atom. The molecule has 2 heterocycles. The summed E-state index contributed by atoms with van der Waals surface area (Å²) in [7, 11) is 0. The van der Waals surface area contributed by atoms with E-state index in [2.05, 4.69) is 15.5 Å². The Morgan fingerprint density at radius 1 is 1.53 bits per heavy atom. The van der Waals surface area contributed by atoms with Gasteiger partial charge in [-0.1, -0.05) is 0 Å². The molecule has 0 aromatic carbocycles. The fourth-order valence-corrected chi connectivity index (χ4v) is 2.24. The van der Waals surface area contributed by atoms with Crippen molar-refractivity contribution in [1.82, 2.24) is 15.5 Å². The zero-order valence-electron chi connectivity index (χ0n) is 9.16. The lowest BCUT2D eigenvalue weighted by molar-refractivity contribution is -0.145. The summed E-state index contributed by atoms with van der Waals surface area (Å²) in [5, 5.41) is 27.9. The van der Waals surface area contributed by atoms with Crippen LogP contribution in [0.1, 0.15) is 24.1 Å². The SMILES string of the molecule is N#Cc1c(N)n[nH]c1C1(C(=O)O)CCNCC1. The van der Waals surface area contributed by atoms with Crippen LogP contribution >= 0.6 is 0 Å². The highest BCUT2D eigenvalue weighted by atomic mass is 16.4. The van der Waals surface area contributed by atoms with Gasteiger partial charge in [-0.15, -0.1) is 0 Å². The van der Waals surface area contributed by atoms with Gasteiger partial charge in [-0.3, -0.25) is 9.89 Å². The third-order valence-corrected chi connectivity index (χ3v) is 3.25. The fourth-order valence-electron chi connectivity index (χ4n) is 2.24. The van der Waals surface area contributed by atoms with Gasteiger partial charge in [0.25, 0.3) is 0 Å². The van der Waals surface area contributed by atoms with Crippen molar-refractivity contribution in [2.24, 2.45) is 0 Å². The van der Waals surface area contributed by atoms with Gasteiger partial charge in [-0.05, 0) is 25.9 Å². The first-order valence-electron chi connectivity index (χ1n) is 5.30. The third kappa shape index (κ3) is 1.62. The quantitative estimate of drug-likeness (QED) is 0.550.